The summed E-state index contributed by atoms with van der Waals surface area (Å²) in [4.78, 5) is 0. The highest BCUT2D eigenvalue weighted by molar-refractivity contribution is 5.38. The van der Waals surface area contributed by atoms with Gasteiger partial charge in [0.05, 0.1) is 0 Å². The van der Waals surface area contributed by atoms with Crippen LogP contribution in [-0.2, 0) is 0 Å². The summed E-state index contributed by atoms with van der Waals surface area (Å²) in [5.41, 5.74) is 2.80. The van der Waals surface area contributed by atoms with Gasteiger partial charge in [0.1, 0.15) is 0 Å². The van der Waals surface area contributed by atoms with Gasteiger partial charge in [-0.25, -0.2) is 0 Å². The van der Waals surface area contributed by atoms with E-state index in [1.807, 2.05) is 0 Å². The molecule has 0 N–H and O–H groups in total. The van der Waals surface area contributed by atoms with Crippen molar-refractivity contribution in [3.05, 3.63) is 48.0 Å². The monoisotopic (exact) mass is 131 g/mol. The van der Waals surface area contributed by atoms with E-state index in [-0.39, 0.29) is 0 Å². The van der Waals surface area contributed by atoms with Crippen LogP contribution in [0, 0.1) is 0 Å². The van der Waals surface area contributed by atoms with Gasteiger partial charge < -0.3 is 0 Å². The van der Waals surface area contributed by atoms with Crippen LogP contribution in [0.3, 0.4) is 0 Å². The van der Waals surface area contributed by atoms with E-state index in [4.69, 9.17) is 0 Å². The lowest BCUT2D eigenvalue weighted by molar-refractivity contribution is 1.16. The zero-order valence-electron chi connectivity index (χ0n) is 5.88. The van der Waals surface area contributed by atoms with Gasteiger partial charge in [-0.05, 0) is 12.0 Å². The van der Waals surface area contributed by atoms with Crippen LogP contribution in [0.4, 0.5) is 0 Å². The Hall–Kier alpha value is -1.04. The van der Waals surface area contributed by atoms with Crippen LogP contribution in [0.25, 0.3) is 0 Å². The first-order valence-electron chi connectivity index (χ1n) is 3.60. The second kappa shape index (κ2) is 1.98. The Morgan fingerprint density at radius 1 is 1.20 bits per heavy atom. The van der Waals surface area contributed by atoms with E-state index < -0.39 is 0 Å². The molecule has 2 rings (SSSR count). The van der Waals surface area contributed by atoms with Crippen molar-refractivity contribution in [1.29, 1.82) is 0 Å². The van der Waals surface area contributed by atoms with Crippen molar-refractivity contribution in [2.75, 3.05) is 0 Å². The van der Waals surface area contributed by atoms with Crippen LogP contribution in [0.1, 0.15) is 17.9 Å². The van der Waals surface area contributed by atoms with Gasteiger partial charge in [-0.1, -0.05) is 42.5 Å². The maximum absolute atomic E-state index is 3.92. The van der Waals surface area contributed by atoms with Crippen LogP contribution >= 0.6 is 0 Å². The normalized spacial score (nSPS) is 22.8. The molecule has 0 saturated heterocycles. The minimum absolute atomic E-state index is 0.682. The lowest BCUT2D eigenvalue weighted by atomic mass is 10.1. The SMILES string of the molecule is C=C1[13CH2]C1c1ccccc1. The van der Waals surface area contributed by atoms with Crippen molar-refractivity contribution >= 4 is 0 Å². The zero-order chi connectivity index (χ0) is 6.97. The highest BCUT2D eigenvalue weighted by atomic mass is 14.6. The Kier molecular flexibility index (Phi) is 1.13. The molecule has 1 aliphatic rings. The first-order valence-corrected chi connectivity index (χ1v) is 3.60. The fraction of sp³-hybridized carbons (Fsp3) is 0.200. The number of hydrogen-bond donors (Lipinski definition) is 0. The lowest BCUT2D eigenvalue weighted by Gasteiger charge is -1.92. The van der Waals surface area contributed by atoms with Crippen LogP contribution < -0.4 is 0 Å². The van der Waals surface area contributed by atoms with E-state index in [1.165, 1.54) is 17.6 Å². The molecule has 0 heterocycles. The van der Waals surface area contributed by atoms with Crippen LogP contribution in [0.5, 0.6) is 0 Å². The maximum Gasteiger partial charge on any atom is 0.00830 e. The lowest BCUT2D eigenvalue weighted by Crippen LogP contribution is -1.74. The Balaban J connectivity index is 2.28. The third kappa shape index (κ3) is 0.860. The fourth-order valence-corrected chi connectivity index (χ4v) is 1.24. The van der Waals surface area contributed by atoms with E-state index in [9.17, 15) is 0 Å². The van der Waals surface area contributed by atoms with Gasteiger partial charge in [0.2, 0.25) is 0 Å². The summed E-state index contributed by atoms with van der Waals surface area (Å²) in [5, 5.41) is 0. The number of rotatable bonds is 1. The molecule has 1 unspecified atom stereocenters. The van der Waals surface area contributed by atoms with Gasteiger partial charge in [-0.15, -0.1) is 0 Å². The smallest absolute Gasteiger partial charge is 0.00830 e. The summed E-state index contributed by atoms with van der Waals surface area (Å²) in [7, 11) is 0. The van der Waals surface area contributed by atoms with Gasteiger partial charge in [0, 0.05) is 5.92 Å². The van der Waals surface area contributed by atoms with Crippen molar-refractivity contribution in [3.63, 3.8) is 0 Å². The summed E-state index contributed by atoms with van der Waals surface area (Å²) in [6, 6.07) is 10.6. The number of benzene rings is 1. The molecular weight excluding hydrogens is 121 g/mol. The molecule has 1 atom stereocenters. The molecule has 0 aromatic heterocycles. The quantitative estimate of drug-likeness (QED) is 0.406. The highest BCUT2D eigenvalue weighted by Gasteiger charge is 2.28. The second-order valence-electron chi connectivity index (χ2n) is 2.83. The molecule has 0 spiro atoms. The summed E-state index contributed by atoms with van der Waals surface area (Å²) >= 11 is 0. The Labute approximate surface area is 61.2 Å². The molecule has 1 aromatic carbocycles. The zero-order valence-corrected chi connectivity index (χ0v) is 5.88. The number of hydrogen-bond acceptors (Lipinski definition) is 0. The van der Waals surface area contributed by atoms with Crippen LogP contribution in [0.15, 0.2) is 42.5 Å². The molecule has 0 radical (unpaired) electrons. The van der Waals surface area contributed by atoms with Crippen molar-refractivity contribution < 1.29 is 0 Å². The average Bonchev–Trinajstić information content (AvgIpc) is 2.69. The van der Waals surface area contributed by atoms with E-state index >= 15 is 0 Å². The van der Waals surface area contributed by atoms with Gasteiger partial charge in [0.15, 0.2) is 0 Å². The van der Waals surface area contributed by atoms with Gasteiger partial charge >= 0.3 is 0 Å². The van der Waals surface area contributed by atoms with E-state index in [0.29, 0.717) is 5.92 Å². The molecule has 10 heavy (non-hydrogen) atoms. The average molecular weight is 131 g/mol. The fourth-order valence-electron chi connectivity index (χ4n) is 1.24. The summed E-state index contributed by atoms with van der Waals surface area (Å²) in [6.45, 7) is 3.92. The molecule has 50 valence electrons. The Morgan fingerprint density at radius 3 is 2.30 bits per heavy atom. The summed E-state index contributed by atoms with van der Waals surface area (Å²) in [5.74, 6) is 0.682. The van der Waals surface area contributed by atoms with Gasteiger partial charge in [-0.2, -0.15) is 0 Å². The maximum atomic E-state index is 3.92. The highest BCUT2D eigenvalue weighted by Crippen LogP contribution is 2.44. The molecule has 1 aromatic rings. The minimum atomic E-state index is 0.682. The summed E-state index contributed by atoms with van der Waals surface area (Å²) in [6.07, 6.45) is 1.20. The first kappa shape index (κ1) is 5.72. The van der Waals surface area contributed by atoms with Crippen molar-refractivity contribution in [3.8, 4) is 0 Å². The van der Waals surface area contributed by atoms with Crippen molar-refractivity contribution in [2.24, 2.45) is 0 Å². The largest absolute Gasteiger partial charge is 0.0992 e. The predicted octanol–water partition coefficient (Wildman–Crippen LogP) is 2.73. The van der Waals surface area contributed by atoms with E-state index in [0.717, 1.165) is 0 Å². The molecule has 1 saturated carbocycles. The van der Waals surface area contributed by atoms with Crippen molar-refractivity contribution in [1.82, 2.24) is 0 Å². The van der Waals surface area contributed by atoms with Crippen LogP contribution in [-0.4, -0.2) is 0 Å². The standard InChI is InChI=1S/C10H10/c1-8-7-10(8)9-5-3-2-4-6-9/h2-6,10H,1,7H2/i7+1. The minimum Gasteiger partial charge on any atom is -0.0992 e. The third-order valence-electron chi connectivity index (χ3n) is 2.00. The summed E-state index contributed by atoms with van der Waals surface area (Å²) < 4.78 is 0. The van der Waals surface area contributed by atoms with E-state index in [2.05, 4.69) is 36.9 Å². The molecule has 1 aliphatic carbocycles. The molecule has 0 aliphatic heterocycles. The van der Waals surface area contributed by atoms with Crippen molar-refractivity contribution in [2.45, 2.75) is 12.3 Å². The molecule has 0 nitrogen and oxygen atoms in total. The van der Waals surface area contributed by atoms with Gasteiger partial charge in [-0.3, -0.25) is 0 Å². The second-order valence-corrected chi connectivity index (χ2v) is 2.83. The molecule has 0 amide bonds. The third-order valence-corrected chi connectivity index (χ3v) is 2.00. The molecule has 0 heteroatoms. The first-order chi connectivity index (χ1) is 4.88. The Bertz CT molecular complexity index is 246. The van der Waals surface area contributed by atoms with Crippen LogP contribution in [0.2, 0.25) is 0 Å². The number of allylic oxidation sites excluding steroid dienone is 1. The Morgan fingerprint density at radius 2 is 1.80 bits per heavy atom. The topological polar surface area (TPSA) is 0 Å². The molecule has 1 fully saturated rings. The van der Waals surface area contributed by atoms with E-state index in [1.54, 1.807) is 0 Å². The molecular formula is C10H10. The molecule has 0 bridgehead atoms. The van der Waals surface area contributed by atoms with Gasteiger partial charge in [0.25, 0.3) is 0 Å². The predicted molar refractivity (Wildman–Crippen MR) is 42.9 cm³/mol.